The second-order valence-electron chi connectivity index (χ2n) is 4.33. The Hall–Kier alpha value is -1.09. The Labute approximate surface area is 102 Å². The quantitative estimate of drug-likeness (QED) is 0.783. The molecular weight excluding hydrogens is 216 g/mol. The van der Waals surface area contributed by atoms with Crippen molar-refractivity contribution in [3.63, 3.8) is 0 Å². The van der Waals surface area contributed by atoms with Crippen molar-refractivity contribution in [2.45, 2.75) is 25.7 Å². The van der Waals surface area contributed by atoms with Gasteiger partial charge in [0.05, 0.1) is 0 Å². The van der Waals surface area contributed by atoms with Crippen LogP contribution in [-0.2, 0) is 0 Å². The zero-order chi connectivity index (χ0) is 11.2. The van der Waals surface area contributed by atoms with Gasteiger partial charge in [0.1, 0.15) is 0 Å². The van der Waals surface area contributed by atoms with E-state index in [4.69, 9.17) is 12.2 Å². The van der Waals surface area contributed by atoms with Crippen LogP contribution < -0.4 is 10.6 Å². The lowest BCUT2D eigenvalue weighted by molar-refractivity contribution is 0.297. The number of thiocarbonyl (C=S) groups is 1. The number of hydrogen-bond acceptors (Lipinski definition) is 1. The lowest BCUT2D eigenvalue weighted by atomic mass is 9.83. The van der Waals surface area contributed by atoms with E-state index >= 15 is 0 Å². The fourth-order valence-corrected chi connectivity index (χ4v) is 2.09. The molecule has 0 atom stereocenters. The molecule has 2 N–H and O–H groups in total. The average Bonchev–Trinajstić information content (AvgIpc) is 2.23. The van der Waals surface area contributed by atoms with Crippen molar-refractivity contribution in [3.8, 4) is 0 Å². The van der Waals surface area contributed by atoms with Gasteiger partial charge in [0.15, 0.2) is 5.11 Å². The van der Waals surface area contributed by atoms with E-state index in [1.807, 2.05) is 30.3 Å². The highest BCUT2D eigenvalue weighted by Crippen LogP contribution is 2.28. The van der Waals surface area contributed by atoms with Gasteiger partial charge in [-0.15, -0.1) is 0 Å². The molecule has 86 valence electrons. The highest BCUT2D eigenvalue weighted by molar-refractivity contribution is 7.80. The standard InChI is InChI=1S/C13H18N2S/c16-13(14-10-9-11-5-4-6-11)15-12-7-2-1-3-8-12/h1-3,7-8,11H,4-6,9-10H2,(H2,14,15,16). The lowest BCUT2D eigenvalue weighted by Gasteiger charge is -2.25. The summed E-state index contributed by atoms with van der Waals surface area (Å²) in [6, 6.07) is 10.0. The molecule has 1 aliphatic carbocycles. The molecule has 1 fully saturated rings. The van der Waals surface area contributed by atoms with Crippen LogP contribution in [0.5, 0.6) is 0 Å². The number of rotatable bonds is 4. The molecule has 2 rings (SSSR count). The number of hydrogen-bond donors (Lipinski definition) is 2. The van der Waals surface area contributed by atoms with Crippen molar-refractivity contribution < 1.29 is 0 Å². The van der Waals surface area contributed by atoms with Gasteiger partial charge in [-0.25, -0.2) is 0 Å². The first-order chi connectivity index (χ1) is 7.84. The molecule has 1 aromatic rings. The van der Waals surface area contributed by atoms with Gasteiger partial charge >= 0.3 is 0 Å². The van der Waals surface area contributed by atoms with E-state index in [-0.39, 0.29) is 0 Å². The van der Waals surface area contributed by atoms with Gasteiger partial charge in [0.2, 0.25) is 0 Å². The van der Waals surface area contributed by atoms with E-state index < -0.39 is 0 Å². The first-order valence-electron chi connectivity index (χ1n) is 5.94. The molecule has 1 aromatic carbocycles. The lowest BCUT2D eigenvalue weighted by Crippen LogP contribution is -2.31. The summed E-state index contributed by atoms with van der Waals surface area (Å²) in [6.07, 6.45) is 5.47. The minimum absolute atomic E-state index is 0.727. The number of benzene rings is 1. The Morgan fingerprint density at radius 3 is 2.62 bits per heavy atom. The monoisotopic (exact) mass is 234 g/mol. The van der Waals surface area contributed by atoms with Gasteiger partial charge in [-0.1, -0.05) is 37.5 Å². The van der Waals surface area contributed by atoms with E-state index in [0.29, 0.717) is 0 Å². The van der Waals surface area contributed by atoms with Crippen LogP contribution in [-0.4, -0.2) is 11.7 Å². The summed E-state index contributed by atoms with van der Waals surface area (Å²) in [5.74, 6) is 0.937. The van der Waals surface area contributed by atoms with Crippen LogP contribution in [0.4, 0.5) is 5.69 Å². The maximum absolute atomic E-state index is 5.22. The van der Waals surface area contributed by atoms with Gasteiger partial charge in [0, 0.05) is 12.2 Å². The molecule has 0 radical (unpaired) electrons. The first kappa shape index (κ1) is 11.4. The van der Waals surface area contributed by atoms with Crippen LogP contribution >= 0.6 is 12.2 Å². The van der Waals surface area contributed by atoms with Gasteiger partial charge < -0.3 is 10.6 Å². The van der Waals surface area contributed by atoms with Gasteiger partial charge in [-0.2, -0.15) is 0 Å². The summed E-state index contributed by atoms with van der Waals surface area (Å²) in [6.45, 7) is 0.989. The molecule has 1 saturated carbocycles. The zero-order valence-electron chi connectivity index (χ0n) is 9.41. The van der Waals surface area contributed by atoms with E-state index in [9.17, 15) is 0 Å². The predicted molar refractivity (Wildman–Crippen MR) is 72.6 cm³/mol. The molecule has 2 nitrogen and oxygen atoms in total. The summed E-state index contributed by atoms with van der Waals surface area (Å²) >= 11 is 5.22. The minimum Gasteiger partial charge on any atom is -0.362 e. The van der Waals surface area contributed by atoms with E-state index in [1.54, 1.807) is 0 Å². The molecule has 0 aliphatic heterocycles. The van der Waals surface area contributed by atoms with Crippen LogP contribution in [0.1, 0.15) is 25.7 Å². The van der Waals surface area contributed by atoms with Crippen molar-refractivity contribution in [1.82, 2.24) is 5.32 Å². The zero-order valence-corrected chi connectivity index (χ0v) is 10.2. The van der Waals surface area contributed by atoms with Crippen molar-refractivity contribution in [2.75, 3.05) is 11.9 Å². The smallest absolute Gasteiger partial charge is 0.170 e. The molecular formula is C13H18N2S. The van der Waals surface area contributed by atoms with Crippen LogP contribution in [0.15, 0.2) is 30.3 Å². The van der Waals surface area contributed by atoms with Crippen LogP contribution in [0.2, 0.25) is 0 Å². The van der Waals surface area contributed by atoms with Gasteiger partial charge in [-0.3, -0.25) is 0 Å². The predicted octanol–water partition coefficient (Wildman–Crippen LogP) is 3.16. The third kappa shape index (κ3) is 3.49. The highest BCUT2D eigenvalue weighted by atomic mass is 32.1. The summed E-state index contributed by atoms with van der Waals surface area (Å²) < 4.78 is 0. The molecule has 0 unspecified atom stereocenters. The third-order valence-corrected chi connectivity index (χ3v) is 3.34. The largest absolute Gasteiger partial charge is 0.362 e. The topological polar surface area (TPSA) is 24.1 Å². The summed E-state index contributed by atoms with van der Waals surface area (Å²) in [7, 11) is 0. The van der Waals surface area contributed by atoms with Crippen LogP contribution in [0.3, 0.4) is 0 Å². The Morgan fingerprint density at radius 1 is 1.25 bits per heavy atom. The fraction of sp³-hybridized carbons (Fsp3) is 0.462. The number of nitrogens with one attached hydrogen (secondary N) is 2. The van der Waals surface area contributed by atoms with E-state index in [0.717, 1.165) is 23.3 Å². The van der Waals surface area contributed by atoms with Crippen molar-refractivity contribution in [2.24, 2.45) is 5.92 Å². The third-order valence-electron chi connectivity index (χ3n) is 3.09. The Morgan fingerprint density at radius 2 is 2.00 bits per heavy atom. The van der Waals surface area contributed by atoms with Gasteiger partial charge in [0.25, 0.3) is 0 Å². The SMILES string of the molecule is S=C(NCCC1CCC1)Nc1ccccc1. The molecule has 0 saturated heterocycles. The maximum Gasteiger partial charge on any atom is 0.170 e. The minimum atomic E-state index is 0.727. The van der Waals surface area contributed by atoms with E-state index in [1.165, 1.54) is 25.7 Å². The Bertz CT molecular complexity index is 333. The molecule has 0 aromatic heterocycles. The van der Waals surface area contributed by atoms with Crippen LogP contribution in [0, 0.1) is 5.92 Å². The van der Waals surface area contributed by atoms with Crippen molar-refractivity contribution >= 4 is 23.0 Å². The average molecular weight is 234 g/mol. The summed E-state index contributed by atoms with van der Waals surface area (Å²) in [5.41, 5.74) is 1.05. The Kier molecular flexibility index (Phi) is 4.17. The van der Waals surface area contributed by atoms with Crippen molar-refractivity contribution in [1.29, 1.82) is 0 Å². The van der Waals surface area contributed by atoms with Crippen LogP contribution in [0.25, 0.3) is 0 Å². The molecule has 1 aliphatic rings. The highest BCUT2D eigenvalue weighted by Gasteiger charge is 2.16. The second kappa shape index (κ2) is 5.85. The fourth-order valence-electron chi connectivity index (χ4n) is 1.87. The molecule has 0 heterocycles. The maximum atomic E-state index is 5.22. The first-order valence-corrected chi connectivity index (χ1v) is 6.35. The van der Waals surface area contributed by atoms with E-state index in [2.05, 4.69) is 10.6 Å². The second-order valence-corrected chi connectivity index (χ2v) is 4.74. The normalized spacial score (nSPS) is 15.2. The molecule has 0 spiro atoms. The molecule has 0 amide bonds. The summed E-state index contributed by atoms with van der Waals surface area (Å²) in [4.78, 5) is 0. The van der Waals surface area contributed by atoms with Gasteiger partial charge in [-0.05, 0) is 36.7 Å². The molecule has 0 bridgehead atoms. The Balaban J connectivity index is 1.64. The number of para-hydroxylation sites is 1. The number of anilines is 1. The van der Waals surface area contributed by atoms with Crippen molar-refractivity contribution in [3.05, 3.63) is 30.3 Å². The summed E-state index contributed by atoms with van der Waals surface area (Å²) in [5, 5.41) is 7.15. The molecule has 3 heteroatoms. The molecule has 16 heavy (non-hydrogen) atoms.